The fourth-order valence-corrected chi connectivity index (χ4v) is 2.88. The van der Waals surface area contributed by atoms with Crippen LogP contribution in [0, 0.1) is 18.6 Å². The minimum Gasteiger partial charge on any atom is -0.380 e. The first kappa shape index (κ1) is 12.2. The predicted octanol–water partition coefficient (Wildman–Crippen LogP) is 3.59. The molecule has 1 aromatic carbocycles. The monoisotopic (exact) mass is 254 g/mol. The second-order valence-corrected chi connectivity index (χ2v) is 5.02. The molecule has 1 atom stereocenters. The third-order valence-electron chi connectivity index (χ3n) is 2.78. The highest BCUT2D eigenvalue weighted by atomic mass is 32.1. The van der Waals surface area contributed by atoms with Crippen LogP contribution >= 0.6 is 11.3 Å². The lowest BCUT2D eigenvalue weighted by Gasteiger charge is -2.24. The third kappa shape index (κ3) is 1.98. The molecular weight excluding hydrogens is 242 g/mol. The largest absolute Gasteiger partial charge is 0.380 e. The van der Waals surface area contributed by atoms with E-state index in [1.165, 1.54) is 30.4 Å². The molecule has 0 saturated heterocycles. The first-order chi connectivity index (χ1) is 7.94. The molecule has 0 aliphatic rings. The Kier molecular flexibility index (Phi) is 3.02. The van der Waals surface area contributed by atoms with Crippen LogP contribution < -0.4 is 0 Å². The van der Waals surface area contributed by atoms with Crippen LogP contribution in [0.15, 0.2) is 29.6 Å². The zero-order valence-electron chi connectivity index (χ0n) is 9.50. The van der Waals surface area contributed by atoms with E-state index in [1.54, 1.807) is 0 Å². The molecule has 2 rings (SSSR count). The lowest BCUT2D eigenvalue weighted by molar-refractivity contribution is 0.100. The van der Waals surface area contributed by atoms with E-state index in [4.69, 9.17) is 0 Å². The fraction of sp³-hybridized carbons (Fsp3) is 0.231. The number of thiophene rings is 1. The van der Waals surface area contributed by atoms with Crippen LogP contribution in [0.5, 0.6) is 0 Å². The van der Waals surface area contributed by atoms with E-state index >= 15 is 0 Å². The summed E-state index contributed by atoms with van der Waals surface area (Å²) in [6, 6.07) is 5.67. The van der Waals surface area contributed by atoms with Gasteiger partial charge in [-0.15, -0.1) is 11.3 Å². The van der Waals surface area contributed by atoms with Gasteiger partial charge in [-0.05, 0) is 36.9 Å². The van der Waals surface area contributed by atoms with Gasteiger partial charge in [0, 0.05) is 10.4 Å². The van der Waals surface area contributed by atoms with Crippen molar-refractivity contribution < 1.29 is 13.9 Å². The van der Waals surface area contributed by atoms with Gasteiger partial charge >= 0.3 is 0 Å². The second-order valence-electron chi connectivity index (χ2n) is 4.11. The van der Waals surface area contributed by atoms with Crippen molar-refractivity contribution in [3.8, 4) is 0 Å². The van der Waals surface area contributed by atoms with E-state index in [0.717, 1.165) is 11.6 Å². The minimum absolute atomic E-state index is 0.0388. The van der Waals surface area contributed by atoms with Crippen molar-refractivity contribution in [1.82, 2.24) is 0 Å². The SMILES string of the molecule is Cc1ccsc1C(C)(O)c1cccc(F)c1F. The summed E-state index contributed by atoms with van der Waals surface area (Å²) in [5, 5.41) is 12.3. The Morgan fingerprint density at radius 1 is 1.24 bits per heavy atom. The van der Waals surface area contributed by atoms with E-state index in [2.05, 4.69) is 0 Å². The van der Waals surface area contributed by atoms with Crippen LogP contribution in [0.1, 0.15) is 22.9 Å². The number of halogens is 2. The molecule has 0 amide bonds. The highest BCUT2D eigenvalue weighted by molar-refractivity contribution is 7.10. The Labute approximate surface area is 102 Å². The molecule has 2 aromatic rings. The van der Waals surface area contributed by atoms with Crippen LogP contribution in [-0.4, -0.2) is 5.11 Å². The van der Waals surface area contributed by atoms with E-state index in [0.29, 0.717) is 4.88 Å². The van der Waals surface area contributed by atoms with Crippen molar-refractivity contribution in [2.45, 2.75) is 19.4 Å². The van der Waals surface area contributed by atoms with Gasteiger partial charge in [-0.3, -0.25) is 0 Å². The van der Waals surface area contributed by atoms with E-state index in [-0.39, 0.29) is 5.56 Å². The van der Waals surface area contributed by atoms with Gasteiger partial charge in [0.1, 0.15) is 5.60 Å². The molecule has 0 saturated carbocycles. The lowest BCUT2D eigenvalue weighted by Crippen LogP contribution is -2.24. The Morgan fingerprint density at radius 3 is 2.53 bits per heavy atom. The Balaban J connectivity index is 2.60. The summed E-state index contributed by atoms with van der Waals surface area (Å²) in [7, 11) is 0. The second kappa shape index (κ2) is 4.20. The lowest BCUT2D eigenvalue weighted by atomic mass is 9.92. The summed E-state index contributed by atoms with van der Waals surface area (Å²) in [5.41, 5.74) is -0.684. The average molecular weight is 254 g/mol. The molecule has 0 spiro atoms. The van der Waals surface area contributed by atoms with Gasteiger partial charge in [0.2, 0.25) is 0 Å². The van der Waals surface area contributed by atoms with Crippen molar-refractivity contribution in [3.63, 3.8) is 0 Å². The molecule has 0 aliphatic carbocycles. The minimum atomic E-state index is -1.51. The van der Waals surface area contributed by atoms with Crippen molar-refractivity contribution in [1.29, 1.82) is 0 Å². The molecule has 90 valence electrons. The van der Waals surface area contributed by atoms with Crippen LogP contribution in [0.2, 0.25) is 0 Å². The maximum absolute atomic E-state index is 13.7. The summed E-state index contributed by atoms with van der Waals surface area (Å²) < 4.78 is 26.9. The number of rotatable bonds is 2. The molecule has 1 heterocycles. The molecule has 17 heavy (non-hydrogen) atoms. The van der Waals surface area contributed by atoms with Gasteiger partial charge in [-0.2, -0.15) is 0 Å². The van der Waals surface area contributed by atoms with Crippen LogP contribution in [0.4, 0.5) is 8.78 Å². The normalized spacial score (nSPS) is 14.6. The number of aliphatic hydroxyl groups is 1. The molecule has 0 bridgehead atoms. The Hall–Kier alpha value is -1.26. The Bertz CT molecular complexity index is 546. The Morgan fingerprint density at radius 2 is 1.94 bits per heavy atom. The summed E-state index contributed by atoms with van der Waals surface area (Å²) in [6.45, 7) is 3.31. The molecule has 1 aromatic heterocycles. The molecule has 1 unspecified atom stereocenters. The number of hydrogen-bond acceptors (Lipinski definition) is 2. The zero-order valence-corrected chi connectivity index (χ0v) is 10.3. The predicted molar refractivity (Wildman–Crippen MR) is 64.1 cm³/mol. The maximum Gasteiger partial charge on any atom is 0.165 e. The summed E-state index contributed by atoms with van der Waals surface area (Å²) in [4.78, 5) is 0.627. The molecule has 0 aliphatic heterocycles. The summed E-state index contributed by atoms with van der Waals surface area (Å²) in [5.74, 6) is -1.94. The first-order valence-electron chi connectivity index (χ1n) is 5.16. The average Bonchev–Trinajstić information content (AvgIpc) is 2.69. The first-order valence-corrected chi connectivity index (χ1v) is 6.04. The molecule has 0 fully saturated rings. The fourth-order valence-electron chi connectivity index (χ4n) is 1.87. The highest BCUT2D eigenvalue weighted by Gasteiger charge is 2.32. The van der Waals surface area contributed by atoms with Crippen LogP contribution in [0.25, 0.3) is 0 Å². The highest BCUT2D eigenvalue weighted by Crippen LogP contribution is 2.36. The van der Waals surface area contributed by atoms with Gasteiger partial charge in [-0.1, -0.05) is 12.1 Å². The number of hydrogen-bond donors (Lipinski definition) is 1. The number of benzene rings is 1. The van der Waals surface area contributed by atoms with Gasteiger partial charge < -0.3 is 5.11 Å². The summed E-state index contributed by atoms with van der Waals surface area (Å²) >= 11 is 1.33. The van der Waals surface area contributed by atoms with Gasteiger partial charge in [0.05, 0.1) is 0 Å². The summed E-state index contributed by atoms with van der Waals surface area (Å²) in [6.07, 6.45) is 0. The quantitative estimate of drug-likeness (QED) is 0.868. The van der Waals surface area contributed by atoms with Gasteiger partial charge in [0.15, 0.2) is 11.6 Å². The molecule has 4 heteroatoms. The standard InChI is InChI=1S/C13H12F2OS/c1-8-6-7-17-12(8)13(2,16)9-4-3-5-10(14)11(9)15/h3-7,16H,1-2H3. The maximum atomic E-state index is 13.7. The topological polar surface area (TPSA) is 20.2 Å². The van der Waals surface area contributed by atoms with E-state index in [1.807, 2.05) is 18.4 Å². The zero-order chi connectivity index (χ0) is 12.6. The van der Waals surface area contributed by atoms with Crippen molar-refractivity contribution in [3.05, 3.63) is 57.3 Å². The molecular formula is C13H12F2OS. The van der Waals surface area contributed by atoms with Crippen LogP contribution in [0.3, 0.4) is 0 Å². The van der Waals surface area contributed by atoms with Crippen molar-refractivity contribution >= 4 is 11.3 Å². The van der Waals surface area contributed by atoms with E-state index in [9.17, 15) is 13.9 Å². The third-order valence-corrected chi connectivity index (χ3v) is 4.01. The molecule has 1 N–H and O–H groups in total. The van der Waals surface area contributed by atoms with Gasteiger partial charge in [-0.25, -0.2) is 8.78 Å². The van der Waals surface area contributed by atoms with Crippen LogP contribution in [-0.2, 0) is 5.60 Å². The van der Waals surface area contributed by atoms with Crippen molar-refractivity contribution in [2.75, 3.05) is 0 Å². The smallest absolute Gasteiger partial charge is 0.165 e. The molecule has 0 radical (unpaired) electrons. The van der Waals surface area contributed by atoms with E-state index < -0.39 is 17.2 Å². The van der Waals surface area contributed by atoms with Gasteiger partial charge in [0.25, 0.3) is 0 Å². The molecule has 1 nitrogen and oxygen atoms in total. The van der Waals surface area contributed by atoms with Crippen molar-refractivity contribution in [2.24, 2.45) is 0 Å². The number of aryl methyl sites for hydroxylation is 1.